The van der Waals surface area contributed by atoms with Crippen molar-refractivity contribution in [3.8, 4) is 0 Å². The first kappa shape index (κ1) is 22.7. The molecule has 0 aromatic heterocycles. The quantitative estimate of drug-likeness (QED) is 0.647. The molecule has 1 saturated heterocycles. The molecule has 3 rings (SSSR count). The third-order valence-electron chi connectivity index (χ3n) is 4.86. The number of carbonyl (C=O) groups excluding carboxylic acids is 2. The second-order valence-corrected chi connectivity index (χ2v) is 8.97. The van der Waals surface area contributed by atoms with Gasteiger partial charge in [0.1, 0.15) is 0 Å². The first-order valence-electron chi connectivity index (χ1n) is 9.71. The molecule has 2 aromatic carbocycles. The predicted octanol–water partition coefficient (Wildman–Crippen LogP) is 3.47. The number of ether oxygens (including phenoxy) is 1. The highest BCUT2D eigenvalue weighted by molar-refractivity contribution is 7.91. The van der Waals surface area contributed by atoms with E-state index in [2.05, 4.69) is 10.2 Å². The van der Waals surface area contributed by atoms with Crippen LogP contribution in [0, 0.1) is 0 Å². The van der Waals surface area contributed by atoms with Crippen LogP contribution in [0.4, 0.5) is 20.2 Å². The lowest BCUT2D eigenvalue weighted by Gasteiger charge is -2.28. The minimum atomic E-state index is -4.74. The average molecular weight is 452 g/mol. The number of nitrogens with zero attached hydrogens (tertiary/aromatic N) is 1. The van der Waals surface area contributed by atoms with Gasteiger partial charge in [0.05, 0.1) is 10.5 Å². The molecule has 0 radical (unpaired) electrons. The molecule has 0 atom stereocenters. The zero-order valence-electron chi connectivity index (χ0n) is 16.6. The van der Waals surface area contributed by atoms with Crippen LogP contribution < -0.4 is 10.2 Å². The Morgan fingerprint density at radius 1 is 0.968 bits per heavy atom. The molecule has 10 heteroatoms. The standard InChI is InChI=1S/C21H22F2N2O5S/c22-21(23)31(28,29)18-10-4-15(5-11-18)20(27)30-14-19(26)24-16-6-8-17(9-7-16)25-12-2-1-3-13-25/h4-11,21H,1-3,12-14H2,(H,24,26). The van der Waals surface area contributed by atoms with E-state index in [1.165, 1.54) is 6.42 Å². The highest BCUT2D eigenvalue weighted by atomic mass is 32.2. The molecule has 166 valence electrons. The maximum absolute atomic E-state index is 12.5. The van der Waals surface area contributed by atoms with E-state index >= 15 is 0 Å². The van der Waals surface area contributed by atoms with E-state index in [1.807, 2.05) is 12.1 Å². The van der Waals surface area contributed by atoms with Gasteiger partial charge in [0, 0.05) is 24.5 Å². The average Bonchev–Trinajstić information content (AvgIpc) is 2.78. The predicted molar refractivity (Wildman–Crippen MR) is 111 cm³/mol. The number of carbonyl (C=O) groups is 2. The number of nitrogens with one attached hydrogen (secondary N) is 1. The van der Waals surface area contributed by atoms with Crippen LogP contribution >= 0.6 is 0 Å². The number of alkyl halides is 2. The van der Waals surface area contributed by atoms with Crippen molar-refractivity contribution in [3.05, 3.63) is 54.1 Å². The van der Waals surface area contributed by atoms with Gasteiger partial charge in [-0.15, -0.1) is 0 Å². The molecule has 0 unspecified atom stereocenters. The molecule has 1 N–H and O–H groups in total. The summed E-state index contributed by atoms with van der Waals surface area (Å²) in [4.78, 5) is 25.7. The Morgan fingerprint density at radius 2 is 1.58 bits per heavy atom. The molecule has 31 heavy (non-hydrogen) atoms. The molecular formula is C21H22F2N2O5S. The number of rotatable bonds is 7. The summed E-state index contributed by atoms with van der Waals surface area (Å²) in [6.07, 6.45) is 3.56. The van der Waals surface area contributed by atoms with E-state index in [-0.39, 0.29) is 5.56 Å². The lowest BCUT2D eigenvalue weighted by molar-refractivity contribution is -0.119. The van der Waals surface area contributed by atoms with Gasteiger partial charge in [-0.25, -0.2) is 13.2 Å². The summed E-state index contributed by atoms with van der Waals surface area (Å²) in [7, 11) is -4.74. The molecular weight excluding hydrogens is 430 g/mol. The van der Waals surface area contributed by atoms with Crippen LogP contribution in [0.15, 0.2) is 53.4 Å². The van der Waals surface area contributed by atoms with E-state index in [0.717, 1.165) is 55.9 Å². The number of esters is 1. The monoisotopic (exact) mass is 452 g/mol. The maximum atomic E-state index is 12.5. The van der Waals surface area contributed by atoms with Crippen molar-refractivity contribution in [2.45, 2.75) is 29.9 Å². The Balaban J connectivity index is 1.50. The SMILES string of the molecule is O=C(COC(=O)c1ccc(S(=O)(=O)C(F)F)cc1)Nc1ccc(N2CCCCC2)cc1. The molecule has 0 aliphatic carbocycles. The van der Waals surface area contributed by atoms with E-state index in [0.29, 0.717) is 5.69 Å². The van der Waals surface area contributed by atoms with Crippen molar-refractivity contribution in [1.29, 1.82) is 0 Å². The Hall–Kier alpha value is -3.01. The van der Waals surface area contributed by atoms with Crippen molar-refractivity contribution in [2.75, 3.05) is 29.9 Å². The molecule has 1 amide bonds. The number of anilines is 2. The molecule has 1 aliphatic heterocycles. The fourth-order valence-corrected chi connectivity index (χ4v) is 3.92. The number of amides is 1. The number of hydrogen-bond acceptors (Lipinski definition) is 6. The third-order valence-corrected chi connectivity index (χ3v) is 6.26. The Bertz CT molecular complexity index is 1020. The normalized spacial score (nSPS) is 14.4. The zero-order chi connectivity index (χ0) is 22.4. The Kier molecular flexibility index (Phi) is 7.21. The smallest absolute Gasteiger partial charge is 0.341 e. The van der Waals surface area contributed by atoms with Crippen molar-refractivity contribution < 1.29 is 31.5 Å². The van der Waals surface area contributed by atoms with Gasteiger partial charge in [-0.1, -0.05) is 0 Å². The van der Waals surface area contributed by atoms with Gasteiger partial charge >= 0.3 is 11.7 Å². The van der Waals surface area contributed by atoms with Crippen LogP contribution in [-0.4, -0.2) is 45.7 Å². The summed E-state index contributed by atoms with van der Waals surface area (Å²) < 4.78 is 52.8. The summed E-state index contributed by atoms with van der Waals surface area (Å²) in [5, 5.41) is 2.62. The maximum Gasteiger partial charge on any atom is 0.341 e. The summed E-state index contributed by atoms with van der Waals surface area (Å²) in [6.45, 7) is 1.47. The number of halogens is 2. The Labute approximate surface area is 178 Å². The van der Waals surface area contributed by atoms with Gasteiger partial charge in [0.2, 0.25) is 9.84 Å². The first-order valence-corrected chi connectivity index (χ1v) is 11.3. The Morgan fingerprint density at radius 3 is 2.16 bits per heavy atom. The van der Waals surface area contributed by atoms with E-state index in [1.54, 1.807) is 12.1 Å². The van der Waals surface area contributed by atoms with Crippen LogP contribution in [0.1, 0.15) is 29.6 Å². The minimum absolute atomic E-state index is 0.0631. The second kappa shape index (κ2) is 9.86. The van der Waals surface area contributed by atoms with E-state index < -0.39 is 39.0 Å². The number of sulfone groups is 1. The molecule has 1 heterocycles. The second-order valence-electron chi connectivity index (χ2n) is 7.05. The molecule has 0 saturated carbocycles. The van der Waals surface area contributed by atoms with Crippen molar-refractivity contribution in [1.82, 2.24) is 0 Å². The molecule has 0 spiro atoms. The summed E-state index contributed by atoms with van der Waals surface area (Å²) in [5.41, 5.74) is 1.58. The van der Waals surface area contributed by atoms with Crippen LogP contribution in [-0.2, 0) is 19.4 Å². The molecule has 1 aliphatic rings. The fourth-order valence-electron chi connectivity index (χ4n) is 3.20. The van der Waals surface area contributed by atoms with Crippen LogP contribution in [0.25, 0.3) is 0 Å². The molecule has 7 nitrogen and oxygen atoms in total. The van der Waals surface area contributed by atoms with E-state index in [4.69, 9.17) is 4.74 Å². The van der Waals surface area contributed by atoms with Crippen LogP contribution in [0.5, 0.6) is 0 Å². The van der Waals surface area contributed by atoms with Gasteiger partial charge in [-0.05, 0) is 67.8 Å². The summed E-state index contributed by atoms with van der Waals surface area (Å²) in [6, 6.07) is 11.3. The van der Waals surface area contributed by atoms with Crippen molar-refractivity contribution in [3.63, 3.8) is 0 Å². The van der Waals surface area contributed by atoms with Gasteiger partial charge in [-0.3, -0.25) is 4.79 Å². The van der Waals surface area contributed by atoms with Crippen LogP contribution in [0.2, 0.25) is 0 Å². The zero-order valence-corrected chi connectivity index (χ0v) is 17.4. The number of piperidine rings is 1. The van der Waals surface area contributed by atoms with Gasteiger partial charge in [-0.2, -0.15) is 8.78 Å². The minimum Gasteiger partial charge on any atom is -0.452 e. The molecule has 1 fully saturated rings. The highest BCUT2D eigenvalue weighted by Crippen LogP contribution is 2.22. The summed E-state index contributed by atoms with van der Waals surface area (Å²) >= 11 is 0. The fraction of sp³-hybridized carbons (Fsp3) is 0.333. The lowest BCUT2D eigenvalue weighted by Crippen LogP contribution is -2.29. The molecule has 0 bridgehead atoms. The van der Waals surface area contributed by atoms with Crippen molar-refractivity contribution >= 4 is 33.1 Å². The van der Waals surface area contributed by atoms with Crippen molar-refractivity contribution in [2.24, 2.45) is 0 Å². The third kappa shape index (κ3) is 5.78. The summed E-state index contributed by atoms with van der Waals surface area (Å²) in [5.74, 6) is -4.98. The largest absolute Gasteiger partial charge is 0.452 e. The molecule has 2 aromatic rings. The number of hydrogen-bond donors (Lipinski definition) is 1. The highest BCUT2D eigenvalue weighted by Gasteiger charge is 2.26. The van der Waals surface area contributed by atoms with Gasteiger partial charge < -0.3 is 15.0 Å². The van der Waals surface area contributed by atoms with E-state index in [9.17, 15) is 26.8 Å². The van der Waals surface area contributed by atoms with Crippen LogP contribution in [0.3, 0.4) is 0 Å². The van der Waals surface area contributed by atoms with Gasteiger partial charge in [0.15, 0.2) is 6.61 Å². The van der Waals surface area contributed by atoms with Gasteiger partial charge in [0.25, 0.3) is 5.91 Å². The lowest BCUT2D eigenvalue weighted by atomic mass is 10.1. The first-order chi connectivity index (χ1) is 14.8. The topological polar surface area (TPSA) is 92.8 Å². The number of benzene rings is 2.